The molecule has 0 aliphatic rings. The summed E-state index contributed by atoms with van der Waals surface area (Å²) in [5, 5.41) is 98.3. The van der Waals surface area contributed by atoms with Crippen LogP contribution in [0.3, 0.4) is 0 Å². The third-order valence-electron chi connectivity index (χ3n) is 8.03. The van der Waals surface area contributed by atoms with Gasteiger partial charge in [-0.15, -0.1) is 37.8 Å². The molecular formula is C30H21N5O21S6. The molecule has 62 heavy (non-hydrogen) atoms. The zero-order valence-corrected chi connectivity index (χ0v) is 34.4. The third-order valence-corrected chi connectivity index (χ3v) is 12.3. The van der Waals surface area contributed by atoms with Crippen molar-refractivity contribution >= 4 is 129 Å². The van der Waals surface area contributed by atoms with Crippen LogP contribution in [-0.2, 0) is 57.7 Å². The van der Waals surface area contributed by atoms with Crippen molar-refractivity contribution in [1.29, 1.82) is 0 Å². The predicted molar refractivity (Wildman–Crippen MR) is 212 cm³/mol. The van der Waals surface area contributed by atoms with E-state index >= 15 is 0 Å². The van der Waals surface area contributed by atoms with Crippen molar-refractivity contribution in [2.75, 3.05) is 5.73 Å². The molecule has 0 radical (unpaired) electrons. The van der Waals surface area contributed by atoms with Gasteiger partial charge in [-0.25, -0.2) is 21.0 Å². The zero-order valence-electron chi connectivity index (χ0n) is 29.5. The standard InChI is InChI=1S/C30H21N5O21S6/c31-27-20(34-33-19-8-15-11(4-23(19)58-54-50-40)3-13(7-22(15)37)61(43,44)45)10-25(62(46,47)48)17-9-24(59-55-51-41)28(29(38)26(17)27)35-32-18-2-1-14-16(30(18)60-56-52-42)5-12(6-21(14)36)57-53-49-39/h1-10,36-42H,31H2,(H,43,44,45)(H,46,47,48). The van der Waals surface area contributed by atoms with Crippen molar-refractivity contribution in [3.8, 4) is 17.2 Å². The van der Waals surface area contributed by atoms with Gasteiger partial charge in [-0.1, -0.05) is 20.2 Å². The Kier molecular flexibility index (Phi) is 14.9. The first kappa shape index (κ1) is 46.7. The number of hydrogen-bond acceptors (Lipinski definition) is 28. The summed E-state index contributed by atoms with van der Waals surface area (Å²) in [6, 6.07) is 11.1. The number of phenolic OH excluding ortho intramolecular Hbond substituents is 3. The van der Waals surface area contributed by atoms with Gasteiger partial charge in [0.05, 0.1) is 78.8 Å². The van der Waals surface area contributed by atoms with Crippen LogP contribution in [0.15, 0.2) is 110 Å². The molecule has 6 rings (SSSR count). The maximum atomic E-state index is 12.8. The molecule has 328 valence electrons. The number of benzene rings is 6. The van der Waals surface area contributed by atoms with Gasteiger partial charge in [-0.05, 0) is 60.0 Å². The first-order valence-electron chi connectivity index (χ1n) is 15.6. The molecule has 32 heteroatoms. The van der Waals surface area contributed by atoms with Crippen LogP contribution < -0.4 is 5.73 Å². The molecule has 0 aliphatic carbocycles. The minimum atomic E-state index is -5.22. The molecule has 0 atom stereocenters. The smallest absolute Gasteiger partial charge is 0.295 e. The average molecular weight is 980 g/mol. The van der Waals surface area contributed by atoms with Crippen LogP contribution in [0.1, 0.15) is 0 Å². The van der Waals surface area contributed by atoms with E-state index in [1.165, 1.54) is 30.3 Å². The Bertz CT molecular complexity index is 3000. The second-order valence-corrected chi connectivity index (χ2v) is 17.3. The van der Waals surface area contributed by atoms with E-state index in [1.54, 1.807) is 0 Å². The Labute approximate surface area is 360 Å². The molecule has 6 aromatic rings. The summed E-state index contributed by atoms with van der Waals surface area (Å²) in [6.07, 6.45) is 0. The molecular weight excluding hydrogens is 959 g/mol. The average Bonchev–Trinajstić information content (AvgIpc) is 3.22. The first-order valence-corrected chi connectivity index (χ1v) is 21.5. The third kappa shape index (κ3) is 10.2. The molecule has 0 bridgehead atoms. The predicted octanol–water partition coefficient (Wildman–Crippen LogP) is 8.88. The lowest BCUT2D eigenvalue weighted by atomic mass is 10.0. The van der Waals surface area contributed by atoms with Gasteiger partial charge in [-0.3, -0.25) is 9.11 Å². The molecule has 0 unspecified atom stereocenters. The summed E-state index contributed by atoms with van der Waals surface area (Å²) < 4.78 is 87.0. The van der Waals surface area contributed by atoms with E-state index in [1.807, 2.05) is 0 Å². The summed E-state index contributed by atoms with van der Waals surface area (Å²) in [5.74, 6) is -1.89. The number of nitrogen functional groups attached to an aromatic ring is 1. The molecule has 0 saturated carbocycles. The highest BCUT2D eigenvalue weighted by Crippen LogP contribution is 2.51. The number of rotatable bonds is 18. The molecule has 0 heterocycles. The second kappa shape index (κ2) is 19.7. The van der Waals surface area contributed by atoms with Crippen molar-refractivity contribution < 1.29 is 99.8 Å². The van der Waals surface area contributed by atoms with Crippen molar-refractivity contribution in [2.45, 2.75) is 29.4 Å². The fourth-order valence-corrected chi connectivity index (χ4v) is 8.75. The van der Waals surface area contributed by atoms with Gasteiger partial charge in [0.15, 0.2) is 5.75 Å². The lowest BCUT2D eigenvalue weighted by Crippen LogP contribution is -2.02. The van der Waals surface area contributed by atoms with Gasteiger partial charge in [0, 0.05) is 32.5 Å². The minimum absolute atomic E-state index is 0.00220. The van der Waals surface area contributed by atoms with Crippen molar-refractivity contribution in [3.05, 3.63) is 60.7 Å². The summed E-state index contributed by atoms with van der Waals surface area (Å²) >= 11 is 1.33. The van der Waals surface area contributed by atoms with Crippen molar-refractivity contribution in [2.24, 2.45) is 20.5 Å². The Balaban J connectivity index is 1.55. The summed E-state index contributed by atoms with van der Waals surface area (Å²) in [4.78, 5) is -1.84. The van der Waals surface area contributed by atoms with E-state index in [0.29, 0.717) is 36.1 Å². The summed E-state index contributed by atoms with van der Waals surface area (Å²) in [7, 11) is -10.0. The van der Waals surface area contributed by atoms with E-state index in [9.17, 15) is 41.3 Å². The van der Waals surface area contributed by atoms with Gasteiger partial charge < -0.3 is 21.1 Å². The van der Waals surface area contributed by atoms with Crippen molar-refractivity contribution in [1.82, 2.24) is 0 Å². The Morgan fingerprint density at radius 3 is 1.82 bits per heavy atom. The molecule has 0 fully saturated rings. The highest BCUT2D eigenvalue weighted by Gasteiger charge is 2.26. The number of hydrogen-bond donors (Lipinski definition) is 10. The summed E-state index contributed by atoms with van der Waals surface area (Å²) in [5.41, 5.74) is 4.52. The van der Waals surface area contributed by atoms with E-state index in [2.05, 4.69) is 57.9 Å². The minimum Gasteiger partial charge on any atom is -0.507 e. The van der Waals surface area contributed by atoms with Gasteiger partial charge in [-0.2, -0.15) is 16.8 Å². The van der Waals surface area contributed by atoms with Crippen LogP contribution in [0.2, 0.25) is 0 Å². The van der Waals surface area contributed by atoms with E-state index in [-0.39, 0.29) is 70.3 Å². The Morgan fingerprint density at radius 2 is 1.16 bits per heavy atom. The van der Waals surface area contributed by atoms with E-state index in [4.69, 9.17) is 26.8 Å². The van der Waals surface area contributed by atoms with Crippen LogP contribution in [0.5, 0.6) is 17.2 Å². The largest absolute Gasteiger partial charge is 0.507 e. The van der Waals surface area contributed by atoms with Crippen LogP contribution in [0, 0.1) is 0 Å². The maximum absolute atomic E-state index is 12.8. The number of nitrogens with two attached hydrogens (primary N) is 1. The van der Waals surface area contributed by atoms with Gasteiger partial charge in [0.2, 0.25) is 0 Å². The van der Waals surface area contributed by atoms with Gasteiger partial charge in [0.25, 0.3) is 20.2 Å². The number of azo groups is 2. The second-order valence-electron chi connectivity index (χ2n) is 11.5. The molecule has 11 N–H and O–H groups in total. The van der Waals surface area contributed by atoms with Crippen molar-refractivity contribution in [3.63, 3.8) is 0 Å². The van der Waals surface area contributed by atoms with Crippen LogP contribution in [0.4, 0.5) is 28.4 Å². The summed E-state index contributed by atoms with van der Waals surface area (Å²) in [6.45, 7) is 0. The molecule has 0 amide bonds. The molecule has 6 aromatic carbocycles. The Morgan fingerprint density at radius 1 is 0.548 bits per heavy atom. The lowest BCUT2D eigenvalue weighted by Gasteiger charge is -2.15. The molecule has 0 saturated heterocycles. The number of aromatic hydroxyl groups is 3. The van der Waals surface area contributed by atoms with E-state index in [0.717, 1.165) is 30.3 Å². The number of fused-ring (bicyclic) bond motifs is 3. The lowest BCUT2D eigenvalue weighted by molar-refractivity contribution is -0.432. The number of anilines is 1. The fourth-order valence-electron chi connectivity index (χ4n) is 5.58. The van der Waals surface area contributed by atoms with Gasteiger partial charge in [0.1, 0.15) is 39.1 Å². The van der Waals surface area contributed by atoms with Gasteiger partial charge >= 0.3 is 0 Å². The first-order chi connectivity index (χ1) is 29.5. The number of phenols is 3. The topological polar surface area (TPSA) is 400 Å². The Hall–Kier alpha value is -4.76. The monoisotopic (exact) mass is 979 g/mol. The van der Waals surface area contributed by atoms with Crippen LogP contribution >= 0.6 is 48.2 Å². The highest BCUT2D eigenvalue weighted by atomic mass is 32.2. The normalized spacial score (nSPS) is 12.5. The fraction of sp³-hybridized carbons (Fsp3) is 0. The number of nitrogens with zero attached hydrogens (tertiary/aromatic N) is 4. The molecule has 0 spiro atoms. The zero-order chi connectivity index (χ0) is 44.9. The van der Waals surface area contributed by atoms with E-state index < -0.39 is 69.4 Å². The quantitative estimate of drug-likeness (QED) is 0.00959. The SMILES string of the molecule is Nc1c(N=Nc2cc3c(O)cc(S(=O)(=O)O)cc3cc2SOOO)cc(S(=O)(=O)O)c2cc(SOOO)c(N=Nc3ccc4c(O)cc(SOOO)cc4c3SOOO)c(O)c12. The maximum Gasteiger partial charge on any atom is 0.295 e. The van der Waals surface area contributed by atoms with Crippen LogP contribution in [-0.4, -0.2) is 62.3 Å². The molecule has 26 nitrogen and oxygen atoms in total. The molecule has 0 aromatic heterocycles. The highest BCUT2D eigenvalue weighted by molar-refractivity contribution is 7.95. The van der Waals surface area contributed by atoms with Crippen LogP contribution in [0.25, 0.3) is 32.3 Å². The molecule has 0 aliphatic heterocycles.